The van der Waals surface area contributed by atoms with E-state index >= 15 is 0 Å². The molecule has 114 valence electrons. The molecule has 5 heteroatoms. The van der Waals surface area contributed by atoms with Gasteiger partial charge in [0.1, 0.15) is 21.8 Å². The normalized spacial score (nSPS) is 11.0. The first-order valence-electron chi connectivity index (χ1n) is 6.92. The minimum Gasteiger partial charge on any atom is -0.495 e. The first kappa shape index (κ1) is 14.9. The second kappa shape index (κ2) is 5.65. The highest BCUT2D eigenvalue weighted by atomic mass is 79.9. The molecule has 0 atom stereocenters. The SMILES string of the molecule is COc1cc(-c2nc3cc(C)c(C)cc3[nH]2)cc(OC)c1Br. The summed E-state index contributed by atoms with van der Waals surface area (Å²) in [4.78, 5) is 8.05. The highest BCUT2D eigenvalue weighted by Crippen LogP contribution is 2.38. The molecular formula is C17H17BrN2O2. The molecule has 0 aliphatic carbocycles. The number of benzene rings is 2. The molecule has 0 spiro atoms. The number of aromatic amines is 1. The molecule has 1 heterocycles. The lowest BCUT2D eigenvalue weighted by Crippen LogP contribution is -1.92. The van der Waals surface area contributed by atoms with Crippen molar-refractivity contribution in [3.63, 3.8) is 0 Å². The molecule has 4 nitrogen and oxygen atoms in total. The topological polar surface area (TPSA) is 47.1 Å². The van der Waals surface area contributed by atoms with Crippen molar-refractivity contribution in [2.24, 2.45) is 0 Å². The number of imidazole rings is 1. The van der Waals surface area contributed by atoms with E-state index < -0.39 is 0 Å². The molecule has 0 fully saturated rings. The van der Waals surface area contributed by atoms with Gasteiger partial charge >= 0.3 is 0 Å². The Morgan fingerprint density at radius 3 is 2.14 bits per heavy atom. The summed E-state index contributed by atoms with van der Waals surface area (Å²) in [5.41, 5.74) is 5.38. The zero-order chi connectivity index (χ0) is 15.9. The van der Waals surface area contributed by atoms with Crippen molar-refractivity contribution in [2.45, 2.75) is 13.8 Å². The van der Waals surface area contributed by atoms with Crippen LogP contribution in [0.3, 0.4) is 0 Å². The Kier molecular flexibility index (Phi) is 3.83. The molecule has 0 aliphatic heterocycles. The molecule has 0 bridgehead atoms. The number of methoxy groups -OCH3 is 2. The summed E-state index contributed by atoms with van der Waals surface area (Å²) in [5.74, 6) is 2.22. The quantitative estimate of drug-likeness (QED) is 0.740. The molecular weight excluding hydrogens is 344 g/mol. The molecule has 0 unspecified atom stereocenters. The van der Waals surface area contributed by atoms with Gasteiger partial charge in [-0.2, -0.15) is 0 Å². The van der Waals surface area contributed by atoms with E-state index in [4.69, 9.17) is 9.47 Å². The highest BCUT2D eigenvalue weighted by molar-refractivity contribution is 9.10. The predicted molar refractivity (Wildman–Crippen MR) is 91.8 cm³/mol. The van der Waals surface area contributed by atoms with Gasteiger partial charge in [-0.15, -0.1) is 0 Å². The fourth-order valence-electron chi connectivity index (χ4n) is 2.41. The summed E-state index contributed by atoms with van der Waals surface area (Å²) in [6.07, 6.45) is 0. The van der Waals surface area contributed by atoms with Gasteiger partial charge in [-0.05, 0) is 65.2 Å². The second-order valence-corrected chi connectivity index (χ2v) is 6.03. The van der Waals surface area contributed by atoms with Crippen LogP contribution < -0.4 is 9.47 Å². The van der Waals surface area contributed by atoms with Crippen LogP contribution in [-0.4, -0.2) is 24.2 Å². The van der Waals surface area contributed by atoms with E-state index in [9.17, 15) is 0 Å². The number of nitrogens with zero attached hydrogens (tertiary/aromatic N) is 1. The van der Waals surface area contributed by atoms with E-state index in [1.807, 2.05) is 12.1 Å². The van der Waals surface area contributed by atoms with Crippen LogP contribution in [0.1, 0.15) is 11.1 Å². The van der Waals surface area contributed by atoms with Crippen LogP contribution in [-0.2, 0) is 0 Å². The first-order valence-corrected chi connectivity index (χ1v) is 7.71. The second-order valence-electron chi connectivity index (χ2n) is 5.23. The largest absolute Gasteiger partial charge is 0.495 e. The Morgan fingerprint density at radius 2 is 1.55 bits per heavy atom. The van der Waals surface area contributed by atoms with Crippen LogP contribution in [0.15, 0.2) is 28.7 Å². The average Bonchev–Trinajstić information content (AvgIpc) is 2.90. The van der Waals surface area contributed by atoms with Gasteiger partial charge in [-0.1, -0.05) is 0 Å². The number of hydrogen-bond donors (Lipinski definition) is 1. The van der Waals surface area contributed by atoms with E-state index in [-0.39, 0.29) is 0 Å². The monoisotopic (exact) mass is 360 g/mol. The van der Waals surface area contributed by atoms with Gasteiger partial charge in [0.2, 0.25) is 0 Å². The number of ether oxygens (including phenoxy) is 2. The lowest BCUT2D eigenvalue weighted by Gasteiger charge is -2.10. The van der Waals surface area contributed by atoms with Crippen molar-refractivity contribution < 1.29 is 9.47 Å². The highest BCUT2D eigenvalue weighted by Gasteiger charge is 2.14. The average molecular weight is 361 g/mol. The third kappa shape index (κ3) is 2.46. The van der Waals surface area contributed by atoms with Gasteiger partial charge < -0.3 is 14.5 Å². The molecule has 0 saturated carbocycles. The van der Waals surface area contributed by atoms with Crippen LogP contribution in [0, 0.1) is 13.8 Å². The lowest BCUT2D eigenvalue weighted by molar-refractivity contribution is 0.390. The fraction of sp³-hybridized carbons (Fsp3) is 0.235. The zero-order valence-corrected chi connectivity index (χ0v) is 14.5. The Morgan fingerprint density at radius 1 is 0.955 bits per heavy atom. The van der Waals surface area contributed by atoms with Crippen molar-refractivity contribution in [2.75, 3.05) is 14.2 Å². The number of aromatic nitrogens is 2. The Labute approximate surface area is 137 Å². The van der Waals surface area contributed by atoms with Crippen molar-refractivity contribution in [3.05, 3.63) is 39.9 Å². The molecule has 3 rings (SSSR count). The molecule has 0 radical (unpaired) electrons. The van der Waals surface area contributed by atoms with Crippen molar-refractivity contribution in [3.8, 4) is 22.9 Å². The van der Waals surface area contributed by atoms with Crippen LogP contribution in [0.2, 0.25) is 0 Å². The molecule has 0 aliphatic rings. The van der Waals surface area contributed by atoms with Gasteiger partial charge in [0.15, 0.2) is 0 Å². The maximum Gasteiger partial charge on any atom is 0.138 e. The smallest absolute Gasteiger partial charge is 0.138 e. The number of rotatable bonds is 3. The molecule has 3 aromatic rings. The third-order valence-electron chi connectivity index (χ3n) is 3.82. The van der Waals surface area contributed by atoms with Crippen LogP contribution in [0.5, 0.6) is 11.5 Å². The molecule has 1 N–H and O–H groups in total. The summed E-state index contributed by atoms with van der Waals surface area (Å²) in [5, 5.41) is 0. The maximum atomic E-state index is 5.39. The van der Waals surface area contributed by atoms with Crippen molar-refractivity contribution in [1.29, 1.82) is 0 Å². The van der Waals surface area contributed by atoms with Gasteiger partial charge in [-0.3, -0.25) is 0 Å². The summed E-state index contributed by atoms with van der Waals surface area (Å²) in [6.45, 7) is 4.19. The Hall–Kier alpha value is -2.01. The Balaban J connectivity index is 2.18. The predicted octanol–water partition coefficient (Wildman–Crippen LogP) is 4.63. The zero-order valence-electron chi connectivity index (χ0n) is 13.0. The maximum absolute atomic E-state index is 5.39. The van der Waals surface area contributed by atoms with Crippen LogP contribution >= 0.6 is 15.9 Å². The minimum atomic E-state index is 0.710. The number of hydrogen-bond acceptors (Lipinski definition) is 3. The standard InChI is InChI=1S/C17H17BrN2O2/c1-9-5-12-13(6-10(9)2)20-17(19-12)11-7-14(21-3)16(18)15(8-11)22-4/h5-8H,1-4H3,(H,19,20). The number of H-pyrrole nitrogens is 1. The van der Waals surface area contributed by atoms with E-state index in [0.717, 1.165) is 26.9 Å². The Bertz CT molecular complexity index is 791. The molecule has 22 heavy (non-hydrogen) atoms. The van der Waals surface area contributed by atoms with E-state index in [1.54, 1.807) is 14.2 Å². The molecule has 0 saturated heterocycles. The number of nitrogens with one attached hydrogen (secondary N) is 1. The van der Waals surface area contributed by atoms with Gasteiger partial charge in [0, 0.05) is 5.56 Å². The summed E-state index contributed by atoms with van der Waals surface area (Å²) < 4.78 is 11.6. The van der Waals surface area contributed by atoms with E-state index in [1.165, 1.54) is 11.1 Å². The lowest BCUT2D eigenvalue weighted by atomic mass is 10.1. The number of halogens is 1. The summed E-state index contributed by atoms with van der Waals surface area (Å²) in [6, 6.07) is 8.08. The van der Waals surface area contributed by atoms with E-state index in [2.05, 4.69) is 51.9 Å². The summed E-state index contributed by atoms with van der Waals surface area (Å²) in [7, 11) is 3.27. The number of aryl methyl sites for hydroxylation is 2. The van der Waals surface area contributed by atoms with Gasteiger partial charge in [-0.25, -0.2) is 4.98 Å². The molecule has 1 aromatic heterocycles. The molecule has 2 aromatic carbocycles. The number of fused-ring (bicyclic) bond motifs is 1. The van der Waals surface area contributed by atoms with Gasteiger partial charge in [0.25, 0.3) is 0 Å². The van der Waals surface area contributed by atoms with Crippen LogP contribution in [0.4, 0.5) is 0 Å². The van der Waals surface area contributed by atoms with Crippen LogP contribution in [0.25, 0.3) is 22.4 Å². The van der Waals surface area contributed by atoms with Crippen molar-refractivity contribution in [1.82, 2.24) is 9.97 Å². The third-order valence-corrected chi connectivity index (χ3v) is 4.60. The summed E-state index contributed by atoms with van der Waals surface area (Å²) >= 11 is 3.48. The van der Waals surface area contributed by atoms with Crippen molar-refractivity contribution >= 4 is 27.0 Å². The fourth-order valence-corrected chi connectivity index (χ4v) is 2.96. The first-order chi connectivity index (χ1) is 10.5. The van der Waals surface area contributed by atoms with E-state index in [0.29, 0.717) is 11.5 Å². The molecule has 0 amide bonds. The van der Waals surface area contributed by atoms with Gasteiger partial charge in [0.05, 0.1) is 25.3 Å². The minimum absolute atomic E-state index is 0.710.